The number of nitrogens with zero attached hydrogens (tertiary/aromatic N) is 1. The maximum atomic E-state index is 11.8. The van der Waals surface area contributed by atoms with Gasteiger partial charge in [0, 0.05) is 5.88 Å². The van der Waals surface area contributed by atoms with Crippen molar-refractivity contribution < 1.29 is 0 Å². The van der Waals surface area contributed by atoms with Gasteiger partial charge >= 0.3 is 0 Å². The van der Waals surface area contributed by atoms with Crippen LogP contribution < -0.4 is 5.56 Å². The van der Waals surface area contributed by atoms with Crippen molar-refractivity contribution >= 4 is 22.5 Å². The van der Waals surface area contributed by atoms with E-state index < -0.39 is 0 Å². The smallest absolute Gasteiger partial charge is 0.258 e. The molecule has 1 aromatic carbocycles. The number of aryl methyl sites for hydroxylation is 2. The number of nitrogens with one attached hydrogen (secondary N) is 1. The van der Waals surface area contributed by atoms with Crippen LogP contribution in [0, 0.1) is 6.92 Å². The summed E-state index contributed by atoms with van der Waals surface area (Å²) in [6.07, 6.45) is 4.27. The molecule has 0 saturated carbocycles. The molecule has 0 aliphatic heterocycles. The average molecular weight is 265 g/mol. The molecule has 2 aromatic rings. The summed E-state index contributed by atoms with van der Waals surface area (Å²) in [7, 11) is 0. The van der Waals surface area contributed by atoms with E-state index in [-0.39, 0.29) is 5.56 Å². The van der Waals surface area contributed by atoms with E-state index in [0.717, 1.165) is 37.1 Å². The lowest BCUT2D eigenvalue weighted by molar-refractivity contribution is 0.721. The molecule has 0 amide bonds. The van der Waals surface area contributed by atoms with Crippen molar-refractivity contribution in [3.63, 3.8) is 0 Å². The summed E-state index contributed by atoms with van der Waals surface area (Å²) in [6, 6.07) is 5.92. The van der Waals surface area contributed by atoms with E-state index in [1.165, 1.54) is 5.56 Å². The minimum atomic E-state index is -0.0555. The Morgan fingerprint density at radius 1 is 1.28 bits per heavy atom. The summed E-state index contributed by atoms with van der Waals surface area (Å²) in [5.74, 6) is 1.38. The first kappa shape index (κ1) is 13.1. The lowest BCUT2D eigenvalue weighted by Crippen LogP contribution is -2.09. The molecule has 0 unspecified atom stereocenters. The van der Waals surface area contributed by atoms with E-state index in [4.69, 9.17) is 11.6 Å². The molecular weight excluding hydrogens is 248 g/mol. The highest BCUT2D eigenvalue weighted by atomic mass is 35.5. The van der Waals surface area contributed by atoms with E-state index in [0.29, 0.717) is 11.2 Å². The summed E-state index contributed by atoms with van der Waals surface area (Å²) in [5, 5.41) is 0.676. The van der Waals surface area contributed by atoms with Gasteiger partial charge in [-0.15, -0.1) is 11.6 Å². The molecule has 96 valence electrons. The number of H-pyrrole nitrogens is 1. The molecule has 1 aromatic heterocycles. The average Bonchev–Trinajstić information content (AvgIpc) is 2.35. The standard InChI is InChI=1S/C14H17ClN2O/c1-10-16-13-7-6-11(5-3-2-4-8-15)9-12(13)14(18)17-10/h6-7,9H,2-5,8H2,1H3,(H,16,17,18). The molecule has 0 saturated heterocycles. The fourth-order valence-corrected chi connectivity index (χ4v) is 2.25. The number of rotatable bonds is 5. The molecule has 0 aliphatic rings. The van der Waals surface area contributed by atoms with E-state index >= 15 is 0 Å². The fraction of sp³-hybridized carbons (Fsp3) is 0.429. The third-order valence-corrected chi connectivity index (χ3v) is 3.25. The molecule has 2 rings (SSSR count). The number of aromatic amines is 1. The lowest BCUT2D eigenvalue weighted by Gasteiger charge is -2.03. The molecule has 0 atom stereocenters. The summed E-state index contributed by atoms with van der Waals surface area (Å²) < 4.78 is 0. The van der Waals surface area contributed by atoms with Gasteiger partial charge in [-0.3, -0.25) is 4.79 Å². The van der Waals surface area contributed by atoms with Gasteiger partial charge in [0.15, 0.2) is 0 Å². The Kier molecular flexibility index (Phi) is 4.37. The van der Waals surface area contributed by atoms with Gasteiger partial charge in [-0.25, -0.2) is 4.98 Å². The van der Waals surface area contributed by atoms with Gasteiger partial charge in [-0.2, -0.15) is 0 Å². The second-order valence-corrected chi connectivity index (χ2v) is 4.88. The van der Waals surface area contributed by atoms with Crippen molar-refractivity contribution in [3.8, 4) is 0 Å². The van der Waals surface area contributed by atoms with Crippen LogP contribution in [0.4, 0.5) is 0 Å². The Morgan fingerprint density at radius 3 is 2.89 bits per heavy atom. The quantitative estimate of drug-likeness (QED) is 0.666. The van der Waals surface area contributed by atoms with Crippen LogP contribution in [0.2, 0.25) is 0 Å². The lowest BCUT2D eigenvalue weighted by atomic mass is 10.1. The number of alkyl halides is 1. The molecule has 1 heterocycles. The molecule has 0 spiro atoms. The number of aromatic nitrogens is 2. The second kappa shape index (κ2) is 6.01. The van der Waals surface area contributed by atoms with Gasteiger partial charge in [0.1, 0.15) is 5.82 Å². The number of halogens is 1. The number of benzene rings is 1. The number of hydrogen-bond donors (Lipinski definition) is 1. The van der Waals surface area contributed by atoms with Crippen LogP contribution in [-0.4, -0.2) is 15.8 Å². The van der Waals surface area contributed by atoms with Crippen molar-refractivity contribution in [1.82, 2.24) is 9.97 Å². The second-order valence-electron chi connectivity index (χ2n) is 4.50. The van der Waals surface area contributed by atoms with Crippen LogP contribution >= 0.6 is 11.6 Å². The SMILES string of the molecule is Cc1nc2ccc(CCCCCCl)cc2c(=O)[nH]1. The molecule has 0 aliphatic carbocycles. The maximum absolute atomic E-state index is 11.8. The Balaban J connectivity index is 2.19. The molecule has 0 bridgehead atoms. The van der Waals surface area contributed by atoms with Gasteiger partial charge in [-0.1, -0.05) is 12.5 Å². The number of unbranched alkanes of at least 4 members (excludes halogenated alkanes) is 2. The predicted molar refractivity (Wildman–Crippen MR) is 75.4 cm³/mol. The minimum absolute atomic E-state index is 0.0555. The van der Waals surface area contributed by atoms with Gasteiger partial charge in [0.25, 0.3) is 5.56 Å². The first-order chi connectivity index (χ1) is 8.70. The zero-order valence-corrected chi connectivity index (χ0v) is 11.3. The highest BCUT2D eigenvalue weighted by molar-refractivity contribution is 6.17. The Morgan fingerprint density at radius 2 is 2.11 bits per heavy atom. The van der Waals surface area contributed by atoms with Gasteiger partial charge in [-0.05, 0) is 43.9 Å². The summed E-state index contributed by atoms with van der Waals surface area (Å²) in [5.41, 5.74) is 1.90. The van der Waals surface area contributed by atoms with Crippen molar-refractivity contribution in [1.29, 1.82) is 0 Å². The Bertz CT molecular complexity index is 592. The molecule has 0 fully saturated rings. The largest absolute Gasteiger partial charge is 0.310 e. The summed E-state index contributed by atoms with van der Waals surface area (Å²) in [6.45, 7) is 1.79. The van der Waals surface area contributed by atoms with Gasteiger partial charge < -0.3 is 4.98 Å². The fourth-order valence-electron chi connectivity index (χ4n) is 2.06. The Labute approximate surface area is 111 Å². The van der Waals surface area contributed by atoms with Crippen molar-refractivity contribution in [2.24, 2.45) is 0 Å². The third-order valence-electron chi connectivity index (χ3n) is 2.99. The van der Waals surface area contributed by atoms with E-state index in [1.807, 2.05) is 12.1 Å². The first-order valence-corrected chi connectivity index (χ1v) is 6.79. The van der Waals surface area contributed by atoms with Crippen molar-refractivity contribution in [2.45, 2.75) is 32.6 Å². The van der Waals surface area contributed by atoms with E-state index in [9.17, 15) is 4.79 Å². The monoisotopic (exact) mass is 264 g/mol. The van der Waals surface area contributed by atoms with Gasteiger partial charge in [0.05, 0.1) is 10.9 Å². The zero-order valence-electron chi connectivity index (χ0n) is 10.5. The topological polar surface area (TPSA) is 45.8 Å². The highest BCUT2D eigenvalue weighted by Gasteiger charge is 2.03. The summed E-state index contributed by atoms with van der Waals surface area (Å²) in [4.78, 5) is 18.9. The van der Waals surface area contributed by atoms with Crippen LogP contribution in [0.1, 0.15) is 30.7 Å². The molecule has 3 nitrogen and oxygen atoms in total. The van der Waals surface area contributed by atoms with Crippen LogP contribution in [0.3, 0.4) is 0 Å². The van der Waals surface area contributed by atoms with Crippen LogP contribution in [0.15, 0.2) is 23.0 Å². The van der Waals surface area contributed by atoms with Crippen LogP contribution in [0.5, 0.6) is 0 Å². The highest BCUT2D eigenvalue weighted by Crippen LogP contribution is 2.13. The first-order valence-electron chi connectivity index (χ1n) is 6.26. The van der Waals surface area contributed by atoms with E-state index in [2.05, 4.69) is 16.0 Å². The number of hydrogen-bond acceptors (Lipinski definition) is 2. The summed E-state index contributed by atoms with van der Waals surface area (Å²) >= 11 is 5.64. The zero-order chi connectivity index (χ0) is 13.0. The predicted octanol–water partition coefficient (Wildman–Crippen LogP) is 3.18. The number of fused-ring (bicyclic) bond motifs is 1. The molecule has 0 radical (unpaired) electrons. The normalized spacial score (nSPS) is 11.0. The molecule has 1 N–H and O–H groups in total. The molecule has 4 heteroatoms. The van der Waals surface area contributed by atoms with Gasteiger partial charge in [0.2, 0.25) is 0 Å². The van der Waals surface area contributed by atoms with Crippen molar-refractivity contribution in [2.75, 3.05) is 5.88 Å². The van der Waals surface area contributed by atoms with Crippen LogP contribution in [-0.2, 0) is 6.42 Å². The third kappa shape index (κ3) is 3.10. The van der Waals surface area contributed by atoms with Crippen LogP contribution in [0.25, 0.3) is 10.9 Å². The molecule has 18 heavy (non-hydrogen) atoms. The minimum Gasteiger partial charge on any atom is -0.310 e. The molecular formula is C14H17ClN2O. The van der Waals surface area contributed by atoms with Crippen molar-refractivity contribution in [3.05, 3.63) is 39.9 Å². The van der Waals surface area contributed by atoms with E-state index in [1.54, 1.807) is 6.92 Å². The Hall–Kier alpha value is -1.35. The maximum Gasteiger partial charge on any atom is 0.258 e.